The lowest BCUT2D eigenvalue weighted by atomic mass is 10.3. The predicted molar refractivity (Wildman–Crippen MR) is 57.9 cm³/mol. The van der Waals surface area contributed by atoms with Gasteiger partial charge in [-0.1, -0.05) is 15.9 Å². The van der Waals surface area contributed by atoms with E-state index in [2.05, 4.69) is 15.9 Å². The maximum Gasteiger partial charge on any atom is 0.294 e. The van der Waals surface area contributed by atoms with Crippen LogP contribution in [0.4, 0.5) is 11.4 Å². The third-order valence-electron chi connectivity index (χ3n) is 1.27. The lowest BCUT2D eigenvalue weighted by molar-refractivity contribution is -0.384. The number of hydrogen-bond acceptors (Lipinski definition) is 3. The molecule has 0 aliphatic heterocycles. The van der Waals surface area contributed by atoms with Crippen LogP contribution in [-0.4, -0.2) is 4.92 Å². The van der Waals surface area contributed by atoms with Crippen LogP contribution in [0.3, 0.4) is 0 Å². The van der Waals surface area contributed by atoms with E-state index >= 15 is 0 Å². The first-order valence-corrected chi connectivity index (χ1v) is 4.78. The van der Waals surface area contributed by atoms with Gasteiger partial charge in [0.1, 0.15) is 5.69 Å². The lowest BCUT2D eigenvalue weighted by Crippen LogP contribution is -1.97. The smallest absolute Gasteiger partial charge is 0.294 e. The van der Waals surface area contributed by atoms with Gasteiger partial charge in [-0.05, 0) is 28.7 Å². The van der Waals surface area contributed by atoms with Gasteiger partial charge in [-0.2, -0.15) is 0 Å². The zero-order valence-electron chi connectivity index (χ0n) is 5.75. The Morgan fingerprint density at radius 1 is 1.58 bits per heavy atom. The van der Waals surface area contributed by atoms with Crippen LogP contribution in [0.2, 0.25) is 0 Å². The van der Waals surface area contributed by atoms with Crippen molar-refractivity contribution in [2.24, 2.45) is 0 Å². The van der Waals surface area contributed by atoms with Gasteiger partial charge in [-0.15, -0.1) is 0 Å². The van der Waals surface area contributed by atoms with Gasteiger partial charge in [0.05, 0.1) is 4.92 Å². The molecule has 2 N–H and O–H groups in total. The van der Waals surface area contributed by atoms with Crippen molar-refractivity contribution in [3.63, 3.8) is 0 Å². The van der Waals surface area contributed by atoms with Gasteiger partial charge in [-0.25, -0.2) is 0 Å². The minimum Gasteiger partial charge on any atom is -0.392 e. The van der Waals surface area contributed by atoms with Crippen molar-refractivity contribution in [3.05, 3.63) is 30.3 Å². The van der Waals surface area contributed by atoms with Crippen LogP contribution < -0.4 is 5.73 Å². The summed E-state index contributed by atoms with van der Waals surface area (Å²) in [7, 11) is 0. The minimum absolute atomic E-state index is 0.0613. The van der Waals surface area contributed by atoms with Gasteiger partial charge in [0, 0.05) is 14.1 Å². The van der Waals surface area contributed by atoms with E-state index < -0.39 is 4.92 Å². The summed E-state index contributed by atoms with van der Waals surface area (Å²) < 4.78 is 1.33. The molecule has 0 aliphatic rings. The van der Waals surface area contributed by atoms with E-state index in [4.69, 9.17) is 5.73 Å². The van der Waals surface area contributed by atoms with E-state index in [0.717, 1.165) is 0 Å². The Bertz CT molecular complexity index is 343. The molecular formula is C6H4BrIN2O2. The molecule has 1 aromatic carbocycles. The molecule has 0 heterocycles. The van der Waals surface area contributed by atoms with Crippen LogP contribution in [0.5, 0.6) is 0 Å². The number of anilines is 1. The van der Waals surface area contributed by atoms with Crippen LogP contribution in [0, 0.1) is 13.7 Å². The molecule has 0 aromatic heterocycles. The van der Waals surface area contributed by atoms with Crippen molar-refractivity contribution in [1.82, 2.24) is 0 Å². The number of nitro benzene ring substituents is 1. The van der Waals surface area contributed by atoms with Crippen LogP contribution >= 0.6 is 38.5 Å². The first-order valence-electron chi connectivity index (χ1n) is 2.91. The van der Waals surface area contributed by atoms with Crippen molar-refractivity contribution in [1.29, 1.82) is 0 Å². The lowest BCUT2D eigenvalue weighted by Gasteiger charge is -1.99. The molecule has 0 amide bonds. The fourth-order valence-corrected chi connectivity index (χ4v) is 2.21. The summed E-state index contributed by atoms with van der Waals surface area (Å²) in [5.74, 6) is 0. The van der Waals surface area contributed by atoms with E-state index in [1.807, 2.05) is 22.6 Å². The van der Waals surface area contributed by atoms with Crippen molar-refractivity contribution >= 4 is 49.9 Å². The standard InChI is InChI=1S/C6H4BrIN2O2/c7-3-1-4(8)6(9)5(2-3)10(11)12/h1-2H,9H2. The molecule has 0 atom stereocenters. The Hall–Kier alpha value is -0.370. The van der Waals surface area contributed by atoms with E-state index in [0.29, 0.717) is 8.04 Å². The van der Waals surface area contributed by atoms with Gasteiger partial charge in [0.25, 0.3) is 5.69 Å². The summed E-state index contributed by atoms with van der Waals surface area (Å²) in [5, 5.41) is 10.4. The molecule has 0 unspecified atom stereocenters. The number of nitrogens with zero attached hydrogens (tertiary/aromatic N) is 1. The number of benzene rings is 1. The Kier molecular flexibility index (Phi) is 2.89. The minimum atomic E-state index is -0.498. The normalized spacial score (nSPS) is 9.83. The van der Waals surface area contributed by atoms with E-state index in [-0.39, 0.29) is 11.4 Å². The molecule has 12 heavy (non-hydrogen) atoms. The van der Waals surface area contributed by atoms with E-state index in [1.165, 1.54) is 6.07 Å². The molecule has 0 bridgehead atoms. The van der Waals surface area contributed by atoms with E-state index in [9.17, 15) is 10.1 Å². The van der Waals surface area contributed by atoms with Crippen LogP contribution in [0.15, 0.2) is 16.6 Å². The van der Waals surface area contributed by atoms with Crippen molar-refractivity contribution in [2.45, 2.75) is 0 Å². The molecule has 0 aliphatic carbocycles. The number of nitrogens with two attached hydrogens (primary N) is 1. The molecular weight excluding hydrogens is 339 g/mol. The topological polar surface area (TPSA) is 69.2 Å². The van der Waals surface area contributed by atoms with E-state index in [1.54, 1.807) is 6.07 Å². The number of nitrogen functional groups attached to an aromatic ring is 1. The number of hydrogen-bond donors (Lipinski definition) is 1. The summed E-state index contributed by atoms with van der Waals surface area (Å²) in [5.41, 5.74) is 5.63. The van der Waals surface area contributed by atoms with Crippen LogP contribution in [-0.2, 0) is 0 Å². The third-order valence-corrected chi connectivity index (χ3v) is 2.62. The molecule has 4 nitrogen and oxygen atoms in total. The molecule has 6 heteroatoms. The Balaban J connectivity index is 3.37. The molecule has 0 saturated carbocycles. The molecule has 64 valence electrons. The second-order valence-electron chi connectivity index (χ2n) is 2.08. The summed E-state index contributed by atoms with van der Waals surface area (Å²) in [6.07, 6.45) is 0. The summed E-state index contributed by atoms with van der Waals surface area (Å²) in [4.78, 5) is 9.93. The quantitative estimate of drug-likeness (QED) is 0.369. The number of rotatable bonds is 1. The Morgan fingerprint density at radius 3 is 2.67 bits per heavy atom. The summed E-state index contributed by atoms with van der Waals surface area (Å²) in [6.45, 7) is 0. The SMILES string of the molecule is Nc1c(I)cc(Br)cc1[N+](=O)[O-]. The highest BCUT2D eigenvalue weighted by Crippen LogP contribution is 2.30. The average Bonchev–Trinajstić information content (AvgIpc) is 1.96. The van der Waals surface area contributed by atoms with Gasteiger partial charge in [-0.3, -0.25) is 10.1 Å². The zero-order valence-corrected chi connectivity index (χ0v) is 9.50. The second-order valence-corrected chi connectivity index (χ2v) is 4.16. The summed E-state index contributed by atoms with van der Waals surface area (Å²) >= 11 is 5.10. The highest BCUT2D eigenvalue weighted by atomic mass is 127. The van der Waals surface area contributed by atoms with Crippen LogP contribution in [0.25, 0.3) is 0 Å². The van der Waals surface area contributed by atoms with Gasteiger partial charge in [0.15, 0.2) is 0 Å². The highest BCUT2D eigenvalue weighted by molar-refractivity contribution is 14.1. The first kappa shape index (κ1) is 9.72. The fourth-order valence-electron chi connectivity index (χ4n) is 0.722. The average molecular weight is 343 g/mol. The van der Waals surface area contributed by atoms with Crippen molar-refractivity contribution in [2.75, 3.05) is 5.73 Å². The molecule has 0 fully saturated rings. The van der Waals surface area contributed by atoms with Crippen molar-refractivity contribution in [3.8, 4) is 0 Å². The Morgan fingerprint density at radius 2 is 2.17 bits per heavy atom. The number of halogens is 2. The highest BCUT2D eigenvalue weighted by Gasteiger charge is 2.14. The van der Waals surface area contributed by atoms with Gasteiger partial charge < -0.3 is 5.73 Å². The number of nitro groups is 1. The first-order chi connectivity index (χ1) is 5.52. The second kappa shape index (κ2) is 3.56. The zero-order chi connectivity index (χ0) is 9.30. The molecule has 1 aromatic rings. The molecule has 0 saturated heterocycles. The van der Waals surface area contributed by atoms with Crippen LogP contribution in [0.1, 0.15) is 0 Å². The third kappa shape index (κ3) is 1.86. The maximum absolute atomic E-state index is 10.4. The Labute approximate surface area is 90.6 Å². The van der Waals surface area contributed by atoms with Gasteiger partial charge >= 0.3 is 0 Å². The maximum atomic E-state index is 10.4. The van der Waals surface area contributed by atoms with Crippen molar-refractivity contribution < 1.29 is 4.92 Å². The molecule has 0 spiro atoms. The predicted octanol–water partition coefficient (Wildman–Crippen LogP) is 2.54. The summed E-state index contributed by atoms with van der Waals surface area (Å²) in [6, 6.07) is 3.11. The molecule has 1 rings (SSSR count). The molecule has 0 radical (unpaired) electrons. The fraction of sp³-hybridized carbons (Fsp3) is 0. The van der Waals surface area contributed by atoms with Gasteiger partial charge in [0.2, 0.25) is 0 Å². The largest absolute Gasteiger partial charge is 0.392 e. The monoisotopic (exact) mass is 342 g/mol.